The Kier molecular flexibility index (Phi) is 5.71. The van der Waals surface area contributed by atoms with Crippen molar-refractivity contribution >= 4 is 22.5 Å². The van der Waals surface area contributed by atoms with Gasteiger partial charge in [-0.25, -0.2) is 9.97 Å². The number of fused-ring (bicyclic) bond motifs is 1. The van der Waals surface area contributed by atoms with Crippen LogP contribution in [0.1, 0.15) is 5.56 Å². The van der Waals surface area contributed by atoms with Gasteiger partial charge >= 0.3 is 11.9 Å². The Bertz CT molecular complexity index is 1480. The summed E-state index contributed by atoms with van der Waals surface area (Å²) in [4.78, 5) is 17.8. The van der Waals surface area contributed by atoms with Gasteiger partial charge in [-0.3, -0.25) is 10.1 Å². The van der Waals surface area contributed by atoms with Gasteiger partial charge in [0.15, 0.2) is 0 Å². The third-order valence-electron chi connectivity index (χ3n) is 5.38. The Labute approximate surface area is 194 Å². The van der Waals surface area contributed by atoms with Gasteiger partial charge in [0.1, 0.15) is 17.1 Å². The number of ether oxygens (including phenoxy) is 2. The number of nitrogens with zero attached hydrogens (tertiary/aromatic N) is 4. The molecule has 0 spiro atoms. The van der Waals surface area contributed by atoms with Gasteiger partial charge in [-0.1, -0.05) is 0 Å². The van der Waals surface area contributed by atoms with Crippen LogP contribution in [0, 0.1) is 15.9 Å². The number of benzene rings is 2. The van der Waals surface area contributed by atoms with E-state index in [1.54, 1.807) is 29.8 Å². The maximum Gasteiger partial charge on any atom is 0.420 e. The molecule has 2 heterocycles. The van der Waals surface area contributed by atoms with Crippen molar-refractivity contribution in [1.82, 2.24) is 14.5 Å². The van der Waals surface area contributed by atoms with Crippen LogP contribution in [0.2, 0.25) is 0 Å². The van der Waals surface area contributed by atoms with E-state index >= 15 is 0 Å². The number of alkyl halides is 3. The number of aromatic nitrogens is 3. The normalized spacial score (nSPS) is 11.6. The largest absolute Gasteiger partial charge is 0.497 e. The number of rotatable bonds is 5. The molecule has 0 saturated heterocycles. The monoisotopic (exact) mass is 491 g/mol. The minimum atomic E-state index is -5.03. The Balaban J connectivity index is 2.12. The molecule has 13 heteroatoms. The molecule has 0 aliphatic heterocycles. The predicted octanol–water partition coefficient (Wildman–Crippen LogP) is 4.97. The molecule has 9 nitrogen and oxygen atoms in total. The van der Waals surface area contributed by atoms with Crippen LogP contribution in [0.25, 0.3) is 33.4 Å². The van der Waals surface area contributed by atoms with Crippen molar-refractivity contribution in [3.63, 3.8) is 0 Å². The van der Waals surface area contributed by atoms with E-state index in [1.807, 2.05) is 0 Å². The Morgan fingerprint density at radius 1 is 1.06 bits per heavy atom. The molecule has 0 atom stereocenters. The lowest BCUT2D eigenvalue weighted by molar-refractivity contribution is -0.387. The number of nitrogens with two attached hydrogens (primary N) is 1. The number of nitro benzene ring substituents is 1. The van der Waals surface area contributed by atoms with E-state index in [4.69, 9.17) is 15.2 Å². The van der Waals surface area contributed by atoms with Crippen LogP contribution in [0.4, 0.5) is 29.2 Å². The van der Waals surface area contributed by atoms with Crippen LogP contribution < -0.4 is 15.2 Å². The van der Waals surface area contributed by atoms with Crippen molar-refractivity contribution in [1.29, 1.82) is 0 Å². The quantitative estimate of drug-likeness (QED) is 0.238. The van der Waals surface area contributed by atoms with Crippen molar-refractivity contribution in [2.75, 3.05) is 20.0 Å². The minimum Gasteiger partial charge on any atom is -0.497 e. The third kappa shape index (κ3) is 4.05. The van der Waals surface area contributed by atoms with Gasteiger partial charge in [0.25, 0.3) is 0 Å². The molecule has 35 heavy (non-hydrogen) atoms. The number of hydrogen-bond acceptors (Lipinski definition) is 7. The number of nitrogen functional groups attached to an aromatic ring is 1. The first kappa shape index (κ1) is 23.7. The topological polar surface area (TPSA) is 118 Å². The fraction of sp³-hybridized carbons (Fsp3) is 0.182. The molecule has 182 valence electrons. The van der Waals surface area contributed by atoms with E-state index in [0.29, 0.717) is 28.8 Å². The highest BCUT2D eigenvalue weighted by molar-refractivity contribution is 5.98. The van der Waals surface area contributed by atoms with Gasteiger partial charge in [0, 0.05) is 42.4 Å². The van der Waals surface area contributed by atoms with Crippen molar-refractivity contribution in [2.24, 2.45) is 7.05 Å². The van der Waals surface area contributed by atoms with Crippen molar-refractivity contribution in [3.8, 4) is 34.0 Å². The van der Waals surface area contributed by atoms with Crippen LogP contribution in [-0.2, 0) is 13.2 Å². The third-order valence-corrected chi connectivity index (χ3v) is 5.38. The number of aryl methyl sites for hydroxylation is 1. The summed E-state index contributed by atoms with van der Waals surface area (Å²) in [5.74, 6) is -1.71. The molecule has 0 bridgehead atoms. The molecule has 4 rings (SSSR count). The van der Waals surface area contributed by atoms with Crippen LogP contribution in [0.5, 0.6) is 11.5 Å². The molecule has 0 aliphatic carbocycles. The number of hydrogen-bond donors (Lipinski definition) is 1. The summed E-state index contributed by atoms with van der Waals surface area (Å²) < 4.78 is 69.5. The first-order valence-corrected chi connectivity index (χ1v) is 9.86. The average Bonchev–Trinajstić information content (AvgIpc) is 3.12. The fourth-order valence-corrected chi connectivity index (χ4v) is 3.85. The van der Waals surface area contributed by atoms with Gasteiger partial charge in [0.05, 0.1) is 41.6 Å². The summed E-state index contributed by atoms with van der Waals surface area (Å²) in [5.41, 5.74) is 2.27. The molecular weight excluding hydrogens is 474 g/mol. The van der Waals surface area contributed by atoms with Gasteiger partial charge < -0.3 is 19.8 Å². The molecule has 0 aliphatic rings. The van der Waals surface area contributed by atoms with Crippen molar-refractivity contribution in [2.45, 2.75) is 6.18 Å². The van der Waals surface area contributed by atoms with E-state index < -0.39 is 56.8 Å². The molecule has 0 radical (unpaired) electrons. The summed E-state index contributed by atoms with van der Waals surface area (Å²) in [6.45, 7) is 0. The smallest absolute Gasteiger partial charge is 0.420 e. The maximum absolute atomic E-state index is 14.5. The van der Waals surface area contributed by atoms with E-state index in [2.05, 4.69) is 9.97 Å². The summed E-state index contributed by atoms with van der Waals surface area (Å²) >= 11 is 0. The van der Waals surface area contributed by atoms with Gasteiger partial charge in [0.2, 0.25) is 11.8 Å². The number of anilines is 1. The zero-order valence-corrected chi connectivity index (χ0v) is 18.5. The van der Waals surface area contributed by atoms with E-state index in [0.717, 1.165) is 7.11 Å². The van der Waals surface area contributed by atoms with Gasteiger partial charge in [-0.15, -0.1) is 0 Å². The lowest BCUT2D eigenvalue weighted by Crippen LogP contribution is -2.14. The molecule has 0 saturated carbocycles. The average molecular weight is 491 g/mol. The van der Waals surface area contributed by atoms with E-state index in [-0.39, 0.29) is 5.56 Å². The second kappa shape index (κ2) is 8.42. The highest BCUT2D eigenvalue weighted by Gasteiger charge is 2.41. The Morgan fingerprint density at radius 2 is 1.71 bits per heavy atom. The number of methoxy groups -OCH3 is 2. The van der Waals surface area contributed by atoms with Gasteiger partial charge in [-0.05, 0) is 12.1 Å². The highest BCUT2D eigenvalue weighted by atomic mass is 19.4. The van der Waals surface area contributed by atoms with E-state index in [1.165, 1.54) is 13.3 Å². The Morgan fingerprint density at radius 3 is 2.29 bits per heavy atom. The van der Waals surface area contributed by atoms with Crippen LogP contribution >= 0.6 is 0 Å². The first-order valence-electron chi connectivity index (χ1n) is 9.86. The molecule has 2 N–H and O–H groups in total. The summed E-state index contributed by atoms with van der Waals surface area (Å²) in [6, 6.07) is 6.05. The van der Waals surface area contributed by atoms with Crippen molar-refractivity contribution in [3.05, 3.63) is 58.0 Å². The number of halogens is 4. The lowest BCUT2D eigenvalue weighted by Gasteiger charge is -2.18. The predicted molar refractivity (Wildman–Crippen MR) is 119 cm³/mol. The SMILES string of the molecule is COc1ccc2c(-c3nc(N)nc(-c4cc([N+](=O)[O-])c(F)cc4OC)c3C(F)(F)F)cn(C)c2c1. The fourth-order valence-electron chi connectivity index (χ4n) is 3.85. The van der Waals surface area contributed by atoms with Crippen LogP contribution in [-0.4, -0.2) is 33.7 Å². The second-order valence-corrected chi connectivity index (χ2v) is 7.45. The summed E-state index contributed by atoms with van der Waals surface area (Å²) in [6.07, 6.45) is -3.59. The van der Waals surface area contributed by atoms with Crippen LogP contribution in [0.15, 0.2) is 36.5 Å². The molecule has 4 aromatic rings. The summed E-state index contributed by atoms with van der Waals surface area (Å²) in [5, 5.41) is 11.7. The maximum atomic E-state index is 14.5. The van der Waals surface area contributed by atoms with Gasteiger partial charge in [-0.2, -0.15) is 17.6 Å². The van der Waals surface area contributed by atoms with Crippen molar-refractivity contribution < 1.29 is 32.0 Å². The first-order chi connectivity index (χ1) is 16.5. The second-order valence-electron chi connectivity index (χ2n) is 7.45. The molecule has 0 amide bonds. The molecular formula is C22H17F4N5O4. The molecule has 0 unspecified atom stereocenters. The van der Waals surface area contributed by atoms with Crippen LogP contribution in [0.3, 0.4) is 0 Å². The van der Waals surface area contributed by atoms with E-state index in [9.17, 15) is 27.7 Å². The molecule has 2 aromatic heterocycles. The molecule has 0 fully saturated rings. The lowest BCUT2D eigenvalue weighted by atomic mass is 9.98. The zero-order valence-electron chi connectivity index (χ0n) is 18.5. The number of nitro groups is 1. The minimum absolute atomic E-state index is 0.0865. The summed E-state index contributed by atoms with van der Waals surface area (Å²) in [7, 11) is 4.18. The zero-order chi connectivity index (χ0) is 25.7. The Hall–Kier alpha value is -4.42. The molecule has 2 aromatic carbocycles. The standard InChI is InChI=1S/C22H17F4N5O4/c1-30-9-13(11-5-4-10(34-2)6-15(11)30)20-18(22(24,25)26)19(28-21(27)29-20)12-7-16(31(32)33)14(23)8-17(12)35-3/h4-9H,1-3H3,(H2,27,28,29). The highest BCUT2D eigenvalue weighted by Crippen LogP contribution is 2.46.